The molecule has 2 rings (SSSR count). The maximum absolute atomic E-state index is 12.9. The van der Waals surface area contributed by atoms with E-state index >= 15 is 0 Å². The van der Waals surface area contributed by atoms with Crippen LogP contribution in [-0.2, 0) is 14.3 Å². The van der Waals surface area contributed by atoms with Crippen LogP contribution < -0.4 is 5.32 Å². The Balaban J connectivity index is 0.00000220. The van der Waals surface area contributed by atoms with Gasteiger partial charge in [0.05, 0.1) is 6.61 Å². The lowest BCUT2D eigenvalue weighted by atomic mass is 9.88. The van der Waals surface area contributed by atoms with Crippen molar-refractivity contribution in [2.24, 2.45) is 5.92 Å². The van der Waals surface area contributed by atoms with E-state index in [9.17, 15) is 4.79 Å². The molecule has 21 heavy (non-hydrogen) atoms. The zero-order valence-electron chi connectivity index (χ0n) is 13.2. The number of rotatable bonds is 5. The Hall–Kier alpha value is -0.360. The Bertz CT molecular complexity index is 322. The van der Waals surface area contributed by atoms with Crippen LogP contribution in [0.25, 0.3) is 0 Å². The highest BCUT2D eigenvalue weighted by atomic mass is 35.5. The number of carbonyl (C=O) groups excluding carboxylic acids is 1. The molecule has 2 aliphatic heterocycles. The van der Waals surface area contributed by atoms with Crippen LogP contribution in [0.1, 0.15) is 32.6 Å². The summed E-state index contributed by atoms with van der Waals surface area (Å²) in [4.78, 5) is 14.9. The average Bonchev–Trinajstić information content (AvgIpc) is 2.53. The monoisotopic (exact) mass is 320 g/mol. The molecule has 1 unspecified atom stereocenters. The molecule has 0 aromatic heterocycles. The van der Waals surface area contributed by atoms with Crippen molar-refractivity contribution in [3.8, 4) is 0 Å². The van der Waals surface area contributed by atoms with E-state index in [-0.39, 0.29) is 18.3 Å². The van der Waals surface area contributed by atoms with E-state index in [0.29, 0.717) is 5.92 Å². The third kappa shape index (κ3) is 4.55. The summed E-state index contributed by atoms with van der Waals surface area (Å²) < 4.78 is 11.2. The van der Waals surface area contributed by atoms with Crippen LogP contribution in [0.5, 0.6) is 0 Å². The quantitative estimate of drug-likeness (QED) is 0.833. The molecule has 2 aliphatic rings. The normalized spacial score (nSPS) is 25.2. The second-order valence-electron chi connectivity index (χ2n) is 5.87. The number of methoxy groups -OCH3 is 1. The number of amides is 1. The highest BCUT2D eigenvalue weighted by molar-refractivity contribution is 5.86. The highest BCUT2D eigenvalue weighted by Crippen LogP contribution is 2.28. The van der Waals surface area contributed by atoms with E-state index in [2.05, 4.69) is 5.32 Å². The maximum Gasteiger partial charge on any atom is 0.254 e. The molecular weight excluding hydrogens is 292 g/mol. The van der Waals surface area contributed by atoms with Crippen molar-refractivity contribution in [3.63, 3.8) is 0 Å². The van der Waals surface area contributed by atoms with Gasteiger partial charge in [0.1, 0.15) is 5.60 Å². The van der Waals surface area contributed by atoms with E-state index in [1.54, 1.807) is 7.11 Å². The minimum absolute atomic E-state index is 0. The molecule has 0 saturated carbocycles. The lowest BCUT2D eigenvalue weighted by Crippen LogP contribution is -2.57. The molecule has 1 N–H and O–H groups in total. The van der Waals surface area contributed by atoms with Crippen LogP contribution >= 0.6 is 12.4 Å². The number of ether oxygens (including phenoxy) is 2. The van der Waals surface area contributed by atoms with E-state index in [4.69, 9.17) is 9.47 Å². The second kappa shape index (κ2) is 8.93. The number of hydrogen-bond donors (Lipinski definition) is 1. The molecule has 6 heteroatoms. The Morgan fingerprint density at radius 3 is 2.71 bits per heavy atom. The van der Waals surface area contributed by atoms with Crippen LogP contribution in [0.3, 0.4) is 0 Å². The zero-order chi connectivity index (χ0) is 14.4. The molecular formula is C15H29ClN2O3. The molecule has 0 radical (unpaired) electrons. The van der Waals surface area contributed by atoms with Gasteiger partial charge in [-0.15, -0.1) is 12.4 Å². The van der Waals surface area contributed by atoms with Gasteiger partial charge < -0.3 is 19.7 Å². The SMILES string of the molecule is CCOCC1CCCN(C(=O)C2(OC)CCNCC2)C1.Cl. The summed E-state index contributed by atoms with van der Waals surface area (Å²) in [5.74, 6) is 0.658. The van der Waals surface area contributed by atoms with Gasteiger partial charge in [0, 0.05) is 26.8 Å². The van der Waals surface area contributed by atoms with Crippen molar-refractivity contribution in [3.05, 3.63) is 0 Å². The molecule has 0 aromatic carbocycles. The van der Waals surface area contributed by atoms with Gasteiger partial charge in [0.2, 0.25) is 0 Å². The van der Waals surface area contributed by atoms with Gasteiger partial charge in [0.15, 0.2) is 0 Å². The largest absolute Gasteiger partial charge is 0.381 e. The smallest absolute Gasteiger partial charge is 0.254 e. The average molecular weight is 321 g/mol. The second-order valence-corrected chi connectivity index (χ2v) is 5.87. The molecule has 1 amide bonds. The number of halogens is 1. The van der Waals surface area contributed by atoms with Crippen LogP contribution in [0.2, 0.25) is 0 Å². The van der Waals surface area contributed by atoms with Crippen LogP contribution in [0.4, 0.5) is 0 Å². The number of carbonyl (C=O) groups is 1. The Kier molecular flexibility index (Phi) is 7.95. The van der Waals surface area contributed by atoms with Crippen molar-refractivity contribution >= 4 is 18.3 Å². The fraction of sp³-hybridized carbons (Fsp3) is 0.933. The molecule has 0 aliphatic carbocycles. The molecule has 5 nitrogen and oxygen atoms in total. The molecule has 2 fully saturated rings. The van der Waals surface area contributed by atoms with Gasteiger partial charge in [-0.3, -0.25) is 4.79 Å². The molecule has 1 atom stereocenters. The molecule has 0 bridgehead atoms. The summed E-state index contributed by atoms with van der Waals surface area (Å²) in [7, 11) is 1.67. The van der Waals surface area contributed by atoms with Crippen molar-refractivity contribution < 1.29 is 14.3 Å². The number of hydrogen-bond acceptors (Lipinski definition) is 4. The molecule has 0 spiro atoms. The molecule has 0 aromatic rings. The minimum atomic E-state index is -0.598. The number of nitrogens with zero attached hydrogens (tertiary/aromatic N) is 1. The predicted molar refractivity (Wildman–Crippen MR) is 84.9 cm³/mol. The van der Waals surface area contributed by atoms with Crippen LogP contribution in [-0.4, -0.2) is 62.9 Å². The fourth-order valence-electron chi connectivity index (χ4n) is 3.29. The van der Waals surface area contributed by atoms with E-state index in [0.717, 1.165) is 65.1 Å². The molecule has 2 heterocycles. The highest BCUT2D eigenvalue weighted by Gasteiger charge is 2.43. The summed E-state index contributed by atoms with van der Waals surface area (Å²) in [5, 5.41) is 3.30. The van der Waals surface area contributed by atoms with Gasteiger partial charge in [-0.2, -0.15) is 0 Å². The van der Waals surface area contributed by atoms with Gasteiger partial charge in [-0.05, 0) is 51.6 Å². The first-order valence-electron chi connectivity index (χ1n) is 7.85. The summed E-state index contributed by atoms with van der Waals surface area (Å²) >= 11 is 0. The van der Waals surface area contributed by atoms with Crippen LogP contribution in [0.15, 0.2) is 0 Å². The summed E-state index contributed by atoms with van der Waals surface area (Å²) in [5.41, 5.74) is -0.598. The first-order chi connectivity index (χ1) is 9.72. The van der Waals surface area contributed by atoms with E-state index in [1.165, 1.54) is 0 Å². The van der Waals surface area contributed by atoms with Gasteiger partial charge >= 0.3 is 0 Å². The number of nitrogens with one attached hydrogen (secondary N) is 1. The zero-order valence-corrected chi connectivity index (χ0v) is 14.0. The van der Waals surface area contributed by atoms with Crippen molar-refractivity contribution in [2.75, 3.05) is 46.5 Å². The van der Waals surface area contributed by atoms with E-state index in [1.807, 2.05) is 11.8 Å². The van der Waals surface area contributed by atoms with Gasteiger partial charge in [0.25, 0.3) is 5.91 Å². The number of piperidine rings is 2. The third-order valence-corrected chi connectivity index (χ3v) is 4.56. The third-order valence-electron chi connectivity index (χ3n) is 4.56. The van der Waals surface area contributed by atoms with Crippen molar-refractivity contribution in [2.45, 2.75) is 38.2 Å². The lowest BCUT2D eigenvalue weighted by molar-refractivity contribution is -0.160. The van der Waals surface area contributed by atoms with Crippen molar-refractivity contribution in [1.82, 2.24) is 10.2 Å². The van der Waals surface area contributed by atoms with Gasteiger partial charge in [-0.1, -0.05) is 0 Å². The van der Waals surface area contributed by atoms with E-state index < -0.39 is 5.60 Å². The Labute approximate surface area is 134 Å². The predicted octanol–water partition coefficient (Wildman–Crippen LogP) is 1.45. The first kappa shape index (κ1) is 18.7. The summed E-state index contributed by atoms with van der Waals surface area (Å²) in [6.45, 7) is 6.92. The van der Waals surface area contributed by atoms with Crippen LogP contribution in [0, 0.1) is 5.92 Å². The first-order valence-corrected chi connectivity index (χ1v) is 7.85. The summed E-state index contributed by atoms with van der Waals surface area (Å²) in [6.07, 6.45) is 3.77. The minimum Gasteiger partial charge on any atom is -0.381 e. The van der Waals surface area contributed by atoms with Crippen molar-refractivity contribution in [1.29, 1.82) is 0 Å². The number of likely N-dealkylation sites (tertiary alicyclic amines) is 1. The maximum atomic E-state index is 12.9. The standard InChI is InChI=1S/C15H28N2O3.ClH/c1-3-20-12-13-5-4-10-17(11-13)14(18)15(19-2)6-8-16-9-7-15;/h13,16H,3-12H2,1-2H3;1H. The van der Waals surface area contributed by atoms with Gasteiger partial charge in [-0.25, -0.2) is 0 Å². The molecule has 124 valence electrons. The Morgan fingerprint density at radius 1 is 1.38 bits per heavy atom. The Morgan fingerprint density at radius 2 is 2.10 bits per heavy atom. The summed E-state index contributed by atoms with van der Waals surface area (Å²) in [6, 6.07) is 0. The molecule has 2 saturated heterocycles. The fourth-order valence-corrected chi connectivity index (χ4v) is 3.29. The lowest BCUT2D eigenvalue weighted by Gasteiger charge is -2.41. The topological polar surface area (TPSA) is 50.8 Å².